The number of amides is 1. The van der Waals surface area contributed by atoms with Crippen LogP contribution in [0, 0.1) is 0 Å². The summed E-state index contributed by atoms with van der Waals surface area (Å²) in [6, 6.07) is 6.70. The second kappa shape index (κ2) is 7.96. The summed E-state index contributed by atoms with van der Waals surface area (Å²) in [5.41, 5.74) is 0.431. The van der Waals surface area contributed by atoms with Crippen molar-refractivity contribution >= 4 is 15.9 Å². The number of nitrogens with one attached hydrogen (secondary N) is 1. The van der Waals surface area contributed by atoms with E-state index in [0.29, 0.717) is 24.4 Å². The lowest BCUT2D eigenvalue weighted by atomic mass is 10.2. The maximum atomic E-state index is 12.4. The van der Waals surface area contributed by atoms with Crippen LogP contribution in [0.4, 0.5) is 0 Å². The SMILES string of the molecule is COc1cccc(C(=O)NCCS(=O)(=O)N2C[C@@H](C)O[C@@H](C)C2)c1. The molecule has 0 unspecified atom stereocenters. The van der Waals surface area contributed by atoms with Gasteiger partial charge in [0.25, 0.3) is 5.91 Å². The van der Waals surface area contributed by atoms with Gasteiger partial charge in [0.15, 0.2) is 0 Å². The zero-order valence-electron chi connectivity index (χ0n) is 14.2. The Morgan fingerprint density at radius 2 is 2.00 bits per heavy atom. The number of morpholine rings is 1. The highest BCUT2D eigenvalue weighted by molar-refractivity contribution is 7.89. The number of ether oxygens (including phenoxy) is 2. The van der Waals surface area contributed by atoms with Crippen molar-refractivity contribution in [1.29, 1.82) is 0 Å². The molecule has 1 aliphatic rings. The number of benzene rings is 1. The van der Waals surface area contributed by atoms with Crippen LogP contribution in [0.5, 0.6) is 5.75 Å². The second-order valence-corrected chi connectivity index (χ2v) is 7.97. The van der Waals surface area contributed by atoms with Crippen LogP contribution < -0.4 is 10.1 Å². The van der Waals surface area contributed by atoms with E-state index in [-0.39, 0.29) is 30.4 Å². The molecule has 8 heteroatoms. The van der Waals surface area contributed by atoms with Crippen LogP contribution in [0.3, 0.4) is 0 Å². The van der Waals surface area contributed by atoms with Gasteiger partial charge in [0, 0.05) is 25.2 Å². The van der Waals surface area contributed by atoms with Gasteiger partial charge in [0.1, 0.15) is 5.75 Å². The van der Waals surface area contributed by atoms with Gasteiger partial charge < -0.3 is 14.8 Å². The number of nitrogens with zero attached hydrogens (tertiary/aromatic N) is 1. The van der Waals surface area contributed by atoms with E-state index in [2.05, 4.69) is 5.32 Å². The molecular weight excluding hydrogens is 332 g/mol. The number of hydrogen-bond acceptors (Lipinski definition) is 5. The third-order valence-corrected chi connectivity index (χ3v) is 5.56. The number of carbonyl (C=O) groups is 1. The maximum Gasteiger partial charge on any atom is 0.251 e. The Morgan fingerprint density at radius 1 is 1.33 bits per heavy atom. The summed E-state index contributed by atoms with van der Waals surface area (Å²) < 4.78 is 36.8. The molecule has 1 amide bonds. The first-order chi connectivity index (χ1) is 11.3. The number of rotatable bonds is 6. The standard InChI is InChI=1S/C16H24N2O5S/c1-12-10-18(11-13(2)23-12)24(20,21)8-7-17-16(19)14-5-4-6-15(9-14)22-3/h4-6,9,12-13H,7-8,10-11H2,1-3H3,(H,17,19)/t12-,13+. The Morgan fingerprint density at radius 3 is 2.62 bits per heavy atom. The Balaban J connectivity index is 1.89. The van der Waals surface area contributed by atoms with Gasteiger partial charge in [-0.1, -0.05) is 6.07 Å². The molecule has 0 aromatic heterocycles. The average molecular weight is 356 g/mol. The highest BCUT2D eigenvalue weighted by Gasteiger charge is 2.30. The molecule has 1 aliphatic heterocycles. The summed E-state index contributed by atoms with van der Waals surface area (Å²) in [5.74, 6) is 0.113. The lowest BCUT2D eigenvalue weighted by Crippen LogP contribution is -2.49. The first-order valence-corrected chi connectivity index (χ1v) is 9.48. The predicted octanol–water partition coefficient (Wildman–Crippen LogP) is 0.864. The van der Waals surface area contributed by atoms with Crippen LogP contribution >= 0.6 is 0 Å². The Kier molecular flexibility index (Phi) is 6.20. The van der Waals surface area contributed by atoms with E-state index in [1.54, 1.807) is 24.3 Å². The third-order valence-electron chi connectivity index (χ3n) is 3.76. The summed E-state index contributed by atoms with van der Waals surface area (Å²) in [6.07, 6.45) is -0.259. The Bertz CT molecular complexity index is 667. The van der Waals surface area contributed by atoms with E-state index in [1.807, 2.05) is 13.8 Å². The van der Waals surface area contributed by atoms with Gasteiger partial charge in [0.05, 0.1) is 25.1 Å². The van der Waals surface area contributed by atoms with Gasteiger partial charge in [-0.2, -0.15) is 4.31 Å². The monoisotopic (exact) mass is 356 g/mol. The molecular formula is C16H24N2O5S. The highest BCUT2D eigenvalue weighted by Crippen LogP contribution is 2.15. The zero-order chi connectivity index (χ0) is 17.7. The van der Waals surface area contributed by atoms with E-state index in [9.17, 15) is 13.2 Å². The summed E-state index contributed by atoms with van der Waals surface area (Å²) >= 11 is 0. The third kappa shape index (κ3) is 4.93. The highest BCUT2D eigenvalue weighted by atomic mass is 32.2. The summed E-state index contributed by atoms with van der Waals surface area (Å²) in [7, 11) is -1.90. The molecule has 2 rings (SSSR count). The van der Waals surface area contributed by atoms with Gasteiger partial charge in [-0.05, 0) is 32.0 Å². The number of carbonyl (C=O) groups excluding carboxylic acids is 1. The maximum absolute atomic E-state index is 12.4. The molecule has 1 aromatic rings. The average Bonchev–Trinajstić information content (AvgIpc) is 2.53. The lowest BCUT2D eigenvalue weighted by molar-refractivity contribution is -0.0440. The molecule has 0 radical (unpaired) electrons. The van der Waals surface area contributed by atoms with Crippen molar-refractivity contribution in [3.05, 3.63) is 29.8 Å². The smallest absolute Gasteiger partial charge is 0.251 e. The van der Waals surface area contributed by atoms with Crippen LogP contribution in [-0.4, -0.2) is 63.3 Å². The number of methoxy groups -OCH3 is 1. The minimum Gasteiger partial charge on any atom is -0.497 e. The summed E-state index contributed by atoms with van der Waals surface area (Å²) in [6.45, 7) is 4.44. The molecule has 1 saturated heterocycles. The topological polar surface area (TPSA) is 84.9 Å². The Hall–Kier alpha value is -1.64. The molecule has 7 nitrogen and oxygen atoms in total. The molecule has 2 atom stereocenters. The van der Waals surface area contributed by atoms with Crippen LogP contribution in [0.15, 0.2) is 24.3 Å². The van der Waals surface area contributed by atoms with E-state index in [1.165, 1.54) is 11.4 Å². The first kappa shape index (κ1) is 18.7. The largest absolute Gasteiger partial charge is 0.497 e. The van der Waals surface area contributed by atoms with Crippen LogP contribution in [0.1, 0.15) is 24.2 Å². The summed E-state index contributed by atoms with van der Waals surface area (Å²) in [4.78, 5) is 12.1. The fraction of sp³-hybridized carbons (Fsp3) is 0.562. The van der Waals surface area contributed by atoms with Crippen LogP contribution in [0.25, 0.3) is 0 Å². The van der Waals surface area contributed by atoms with Gasteiger partial charge in [-0.15, -0.1) is 0 Å². The summed E-state index contributed by atoms with van der Waals surface area (Å²) in [5, 5.41) is 2.64. The van der Waals surface area contributed by atoms with Crippen molar-refractivity contribution in [2.75, 3.05) is 32.5 Å². The quantitative estimate of drug-likeness (QED) is 0.817. The molecule has 1 heterocycles. The molecule has 1 N–H and O–H groups in total. The minimum absolute atomic E-state index is 0.0541. The molecule has 0 spiro atoms. The Labute approximate surface area is 143 Å². The van der Waals surface area contributed by atoms with Gasteiger partial charge >= 0.3 is 0 Å². The fourth-order valence-corrected chi connectivity index (χ4v) is 4.14. The van der Waals surface area contributed by atoms with E-state index >= 15 is 0 Å². The second-order valence-electron chi connectivity index (χ2n) is 5.88. The normalized spacial score (nSPS) is 22.1. The fourth-order valence-electron chi connectivity index (χ4n) is 2.65. The van der Waals surface area contributed by atoms with Crippen molar-refractivity contribution in [3.8, 4) is 5.75 Å². The predicted molar refractivity (Wildman–Crippen MR) is 90.7 cm³/mol. The molecule has 0 aliphatic carbocycles. The molecule has 1 aromatic carbocycles. The lowest BCUT2D eigenvalue weighted by Gasteiger charge is -2.34. The zero-order valence-corrected chi connectivity index (χ0v) is 15.0. The van der Waals surface area contributed by atoms with E-state index in [4.69, 9.17) is 9.47 Å². The van der Waals surface area contributed by atoms with E-state index < -0.39 is 10.0 Å². The van der Waals surface area contributed by atoms with Crippen molar-refractivity contribution in [2.45, 2.75) is 26.1 Å². The van der Waals surface area contributed by atoms with Gasteiger partial charge in [-0.25, -0.2) is 8.42 Å². The van der Waals surface area contributed by atoms with Crippen LogP contribution in [-0.2, 0) is 14.8 Å². The molecule has 24 heavy (non-hydrogen) atoms. The number of hydrogen-bond donors (Lipinski definition) is 1. The van der Waals surface area contributed by atoms with E-state index in [0.717, 1.165) is 0 Å². The molecule has 134 valence electrons. The van der Waals surface area contributed by atoms with Crippen molar-refractivity contribution in [2.24, 2.45) is 0 Å². The van der Waals surface area contributed by atoms with Gasteiger partial charge in [-0.3, -0.25) is 4.79 Å². The molecule has 0 saturated carbocycles. The minimum atomic E-state index is -3.43. The van der Waals surface area contributed by atoms with Crippen LogP contribution in [0.2, 0.25) is 0 Å². The van der Waals surface area contributed by atoms with Gasteiger partial charge in [0.2, 0.25) is 10.0 Å². The first-order valence-electron chi connectivity index (χ1n) is 7.87. The number of sulfonamides is 1. The molecule has 0 bridgehead atoms. The van der Waals surface area contributed by atoms with Crippen molar-refractivity contribution in [1.82, 2.24) is 9.62 Å². The molecule has 1 fully saturated rings. The van der Waals surface area contributed by atoms with Crippen molar-refractivity contribution < 1.29 is 22.7 Å². The van der Waals surface area contributed by atoms with Crippen molar-refractivity contribution in [3.63, 3.8) is 0 Å².